The van der Waals surface area contributed by atoms with Crippen LogP contribution in [-0.4, -0.2) is 42.2 Å². The number of morpholine rings is 1. The van der Waals surface area contributed by atoms with Gasteiger partial charge in [0, 0.05) is 36.2 Å². The molecule has 0 unspecified atom stereocenters. The molecule has 0 saturated carbocycles. The minimum Gasteiger partial charge on any atom is -0.421 e. The quantitative estimate of drug-likeness (QED) is 0.505. The van der Waals surface area contributed by atoms with Crippen molar-refractivity contribution < 1.29 is 14.3 Å². The van der Waals surface area contributed by atoms with Crippen LogP contribution >= 0.6 is 11.6 Å². The fourth-order valence-corrected chi connectivity index (χ4v) is 3.30. The highest BCUT2D eigenvalue weighted by atomic mass is 35.5. The van der Waals surface area contributed by atoms with E-state index in [-0.39, 0.29) is 0 Å². The van der Waals surface area contributed by atoms with Gasteiger partial charge in [-0.3, -0.25) is 9.88 Å². The maximum atomic E-state index is 12.5. The first kappa shape index (κ1) is 17.9. The molecule has 0 spiro atoms. The van der Waals surface area contributed by atoms with Gasteiger partial charge in [0.2, 0.25) is 0 Å². The molecule has 0 bridgehead atoms. The molecule has 0 radical (unpaired) electrons. The molecular formula is C21H19ClN2O3. The number of halogens is 1. The second-order valence-corrected chi connectivity index (χ2v) is 6.84. The van der Waals surface area contributed by atoms with Crippen molar-refractivity contribution in [2.45, 2.75) is 6.54 Å². The molecule has 0 amide bonds. The molecule has 138 valence electrons. The van der Waals surface area contributed by atoms with E-state index in [2.05, 4.69) is 9.88 Å². The SMILES string of the molecule is O=C(Oc1ccc(CN2CCOCC2)c2cccnc12)c1ccc(Cl)cc1. The Morgan fingerprint density at radius 2 is 1.89 bits per heavy atom. The Hall–Kier alpha value is -2.47. The van der Waals surface area contributed by atoms with Gasteiger partial charge < -0.3 is 9.47 Å². The van der Waals surface area contributed by atoms with Crippen LogP contribution < -0.4 is 4.74 Å². The molecule has 1 saturated heterocycles. The summed E-state index contributed by atoms with van der Waals surface area (Å²) in [4.78, 5) is 19.3. The molecule has 2 aromatic carbocycles. The maximum Gasteiger partial charge on any atom is 0.343 e. The molecule has 1 aromatic heterocycles. The average Bonchev–Trinajstić information content (AvgIpc) is 2.71. The zero-order valence-electron chi connectivity index (χ0n) is 14.7. The molecular weight excluding hydrogens is 364 g/mol. The number of rotatable bonds is 4. The lowest BCUT2D eigenvalue weighted by molar-refractivity contribution is 0.0343. The van der Waals surface area contributed by atoms with E-state index in [1.165, 1.54) is 0 Å². The number of ether oxygens (including phenoxy) is 2. The van der Waals surface area contributed by atoms with Gasteiger partial charge in [-0.15, -0.1) is 0 Å². The molecule has 0 atom stereocenters. The number of nitrogens with zero attached hydrogens (tertiary/aromatic N) is 2. The predicted molar refractivity (Wildman–Crippen MR) is 104 cm³/mol. The van der Waals surface area contributed by atoms with Crippen molar-refractivity contribution in [2.75, 3.05) is 26.3 Å². The van der Waals surface area contributed by atoms with Crippen molar-refractivity contribution in [1.82, 2.24) is 9.88 Å². The largest absolute Gasteiger partial charge is 0.421 e. The second kappa shape index (κ2) is 8.05. The third-order valence-electron chi connectivity index (χ3n) is 4.60. The van der Waals surface area contributed by atoms with Gasteiger partial charge in [0.05, 0.1) is 18.8 Å². The summed E-state index contributed by atoms with van der Waals surface area (Å²) in [6.45, 7) is 4.15. The molecule has 1 fully saturated rings. The molecule has 5 nitrogen and oxygen atoms in total. The summed E-state index contributed by atoms with van der Waals surface area (Å²) in [7, 11) is 0. The van der Waals surface area contributed by atoms with Crippen LogP contribution in [0.4, 0.5) is 0 Å². The Morgan fingerprint density at radius 3 is 2.67 bits per heavy atom. The third-order valence-corrected chi connectivity index (χ3v) is 4.86. The van der Waals surface area contributed by atoms with Crippen LogP contribution in [-0.2, 0) is 11.3 Å². The van der Waals surface area contributed by atoms with E-state index in [0.717, 1.165) is 43.8 Å². The number of pyridine rings is 1. The number of carbonyl (C=O) groups excluding carboxylic acids is 1. The normalized spacial score (nSPS) is 15.0. The fourth-order valence-electron chi connectivity index (χ4n) is 3.17. The molecule has 1 aliphatic rings. The van der Waals surface area contributed by atoms with E-state index in [0.29, 0.717) is 21.9 Å². The molecule has 3 aromatic rings. The molecule has 4 rings (SSSR count). The Bertz CT molecular complexity index is 953. The van der Waals surface area contributed by atoms with Gasteiger partial charge >= 0.3 is 5.97 Å². The van der Waals surface area contributed by atoms with Crippen molar-refractivity contribution in [3.05, 3.63) is 70.9 Å². The number of fused-ring (bicyclic) bond motifs is 1. The highest BCUT2D eigenvalue weighted by Gasteiger charge is 2.16. The lowest BCUT2D eigenvalue weighted by Crippen LogP contribution is -2.35. The fraction of sp³-hybridized carbons (Fsp3) is 0.238. The summed E-state index contributed by atoms with van der Waals surface area (Å²) < 4.78 is 11.0. The zero-order chi connectivity index (χ0) is 18.6. The monoisotopic (exact) mass is 382 g/mol. The zero-order valence-corrected chi connectivity index (χ0v) is 15.5. The number of aromatic nitrogens is 1. The van der Waals surface area contributed by atoms with E-state index in [1.807, 2.05) is 24.3 Å². The molecule has 6 heteroatoms. The summed E-state index contributed by atoms with van der Waals surface area (Å²) >= 11 is 5.88. The van der Waals surface area contributed by atoms with E-state index in [1.54, 1.807) is 30.5 Å². The van der Waals surface area contributed by atoms with E-state index in [9.17, 15) is 4.79 Å². The minimum absolute atomic E-state index is 0.431. The van der Waals surface area contributed by atoms with E-state index < -0.39 is 5.97 Å². The van der Waals surface area contributed by atoms with Gasteiger partial charge in [-0.25, -0.2) is 4.79 Å². The average molecular weight is 383 g/mol. The minimum atomic E-state index is -0.431. The summed E-state index contributed by atoms with van der Waals surface area (Å²) in [5.41, 5.74) is 2.29. The number of esters is 1. The van der Waals surface area contributed by atoms with Gasteiger partial charge in [-0.2, -0.15) is 0 Å². The Kier molecular flexibility index (Phi) is 5.34. The van der Waals surface area contributed by atoms with Crippen molar-refractivity contribution in [3.63, 3.8) is 0 Å². The molecule has 2 heterocycles. The first-order valence-corrected chi connectivity index (χ1v) is 9.23. The van der Waals surface area contributed by atoms with Crippen molar-refractivity contribution in [2.24, 2.45) is 0 Å². The van der Waals surface area contributed by atoms with Crippen molar-refractivity contribution in [3.8, 4) is 5.75 Å². The predicted octanol–water partition coefficient (Wildman–Crippen LogP) is 3.94. The van der Waals surface area contributed by atoms with Crippen LogP contribution in [0, 0.1) is 0 Å². The van der Waals surface area contributed by atoms with Crippen LogP contribution in [0.25, 0.3) is 10.9 Å². The van der Waals surface area contributed by atoms with Gasteiger partial charge in [-0.05, 0) is 42.0 Å². The van der Waals surface area contributed by atoms with E-state index in [4.69, 9.17) is 21.1 Å². The number of carbonyl (C=O) groups is 1. The number of benzene rings is 2. The van der Waals surface area contributed by atoms with Crippen molar-refractivity contribution >= 4 is 28.5 Å². The summed E-state index contributed by atoms with van der Waals surface area (Å²) in [6.07, 6.45) is 1.71. The standard InChI is InChI=1S/C21H19ClN2O3/c22-17-6-3-15(4-7-17)21(25)27-19-8-5-16(14-24-10-12-26-13-11-24)18-2-1-9-23-20(18)19/h1-9H,10-14H2. The molecule has 1 aliphatic heterocycles. The molecule has 0 N–H and O–H groups in total. The number of hydrogen-bond donors (Lipinski definition) is 0. The Labute approximate surface area is 162 Å². The van der Waals surface area contributed by atoms with E-state index >= 15 is 0 Å². The highest BCUT2D eigenvalue weighted by molar-refractivity contribution is 6.30. The van der Waals surface area contributed by atoms with Gasteiger partial charge in [0.15, 0.2) is 5.75 Å². The Balaban J connectivity index is 1.61. The maximum absolute atomic E-state index is 12.5. The van der Waals surface area contributed by atoms with Gasteiger partial charge in [0.1, 0.15) is 5.52 Å². The smallest absolute Gasteiger partial charge is 0.343 e. The third kappa shape index (κ3) is 4.11. The molecule has 0 aliphatic carbocycles. The summed E-state index contributed by atoms with van der Waals surface area (Å²) in [5.74, 6) is 0.0239. The van der Waals surface area contributed by atoms with Crippen LogP contribution in [0.3, 0.4) is 0 Å². The van der Waals surface area contributed by atoms with Crippen LogP contribution in [0.5, 0.6) is 5.75 Å². The van der Waals surface area contributed by atoms with Crippen LogP contribution in [0.2, 0.25) is 5.02 Å². The molecule has 27 heavy (non-hydrogen) atoms. The summed E-state index contributed by atoms with van der Waals surface area (Å²) in [5, 5.41) is 1.57. The van der Waals surface area contributed by atoms with Crippen LogP contribution in [0.15, 0.2) is 54.7 Å². The lowest BCUT2D eigenvalue weighted by atomic mass is 10.1. The second-order valence-electron chi connectivity index (χ2n) is 6.41. The first-order valence-electron chi connectivity index (χ1n) is 8.85. The topological polar surface area (TPSA) is 51.7 Å². The number of hydrogen-bond acceptors (Lipinski definition) is 5. The van der Waals surface area contributed by atoms with Gasteiger partial charge in [0.25, 0.3) is 0 Å². The Morgan fingerprint density at radius 1 is 1.11 bits per heavy atom. The van der Waals surface area contributed by atoms with Gasteiger partial charge in [-0.1, -0.05) is 23.7 Å². The lowest BCUT2D eigenvalue weighted by Gasteiger charge is -2.27. The van der Waals surface area contributed by atoms with Crippen LogP contribution in [0.1, 0.15) is 15.9 Å². The van der Waals surface area contributed by atoms with Crippen molar-refractivity contribution in [1.29, 1.82) is 0 Å². The highest BCUT2D eigenvalue weighted by Crippen LogP contribution is 2.28. The first-order chi connectivity index (χ1) is 13.2. The summed E-state index contributed by atoms with van der Waals surface area (Å²) in [6, 6.07) is 14.4.